The SMILES string of the molecule is COC(=O)CP(=O)(OC(C)C)OC(C)C. The molecule has 0 bridgehead atoms. The van der Waals surface area contributed by atoms with Crippen LogP contribution >= 0.6 is 7.60 Å². The van der Waals surface area contributed by atoms with Crippen LogP contribution in [0.4, 0.5) is 0 Å². The second kappa shape index (κ2) is 6.26. The summed E-state index contributed by atoms with van der Waals surface area (Å²) < 4.78 is 26.8. The minimum atomic E-state index is -3.38. The summed E-state index contributed by atoms with van der Waals surface area (Å²) in [6.45, 7) is 6.92. The maximum atomic E-state index is 12.1. The van der Waals surface area contributed by atoms with E-state index in [1.807, 2.05) is 0 Å². The van der Waals surface area contributed by atoms with E-state index in [2.05, 4.69) is 4.74 Å². The summed E-state index contributed by atoms with van der Waals surface area (Å²) in [6, 6.07) is 0. The van der Waals surface area contributed by atoms with Crippen LogP contribution in [-0.4, -0.2) is 31.4 Å². The van der Waals surface area contributed by atoms with E-state index in [0.29, 0.717) is 0 Å². The van der Waals surface area contributed by atoms with Gasteiger partial charge >= 0.3 is 13.6 Å². The third kappa shape index (κ3) is 6.66. The van der Waals surface area contributed by atoms with Crippen LogP contribution < -0.4 is 0 Å². The Kier molecular flexibility index (Phi) is 6.10. The first-order valence-corrected chi connectivity index (χ1v) is 6.54. The second-order valence-electron chi connectivity index (χ2n) is 3.65. The lowest BCUT2D eigenvalue weighted by atomic mass is 10.5. The third-order valence-corrected chi connectivity index (χ3v) is 3.42. The first-order valence-electron chi connectivity index (χ1n) is 4.81. The van der Waals surface area contributed by atoms with Crippen LogP contribution in [0.2, 0.25) is 0 Å². The van der Waals surface area contributed by atoms with Crippen LogP contribution in [0.5, 0.6) is 0 Å². The highest BCUT2D eigenvalue weighted by molar-refractivity contribution is 7.54. The average molecular weight is 238 g/mol. The molecule has 0 spiro atoms. The smallest absolute Gasteiger partial charge is 0.342 e. The minimum absolute atomic E-state index is 0.265. The van der Waals surface area contributed by atoms with Gasteiger partial charge in [-0.2, -0.15) is 0 Å². The van der Waals surface area contributed by atoms with Crippen LogP contribution in [0.25, 0.3) is 0 Å². The van der Waals surface area contributed by atoms with E-state index in [1.54, 1.807) is 27.7 Å². The van der Waals surface area contributed by atoms with Crippen molar-refractivity contribution in [1.82, 2.24) is 0 Å². The van der Waals surface area contributed by atoms with Gasteiger partial charge in [-0.3, -0.25) is 9.36 Å². The molecular weight excluding hydrogens is 219 g/mol. The summed E-state index contributed by atoms with van der Waals surface area (Å²) in [4.78, 5) is 11.0. The standard InChI is InChI=1S/C9H19O5P/c1-7(2)13-15(11,14-8(3)4)6-9(10)12-5/h7-8H,6H2,1-5H3. The van der Waals surface area contributed by atoms with Gasteiger partial charge in [0.2, 0.25) is 0 Å². The molecule has 0 N–H and O–H groups in total. The second-order valence-corrected chi connectivity index (χ2v) is 5.61. The Labute approximate surface area is 90.6 Å². The number of hydrogen-bond acceptors (Lipinski definition) is 5. The molecule has 0 rings (SSSR count). The number of carbonyl (C=O) groups excluding carboxylic acids is 1. The van der Waals surface area contributed by atoms with Gasteiger partial charge in [0.25, 0.3) is 0 Å². The van der Waals surface area contributed by atoms with E-state index in [4.69, 9.17) is 9.05 Å². The zero-order chi connectivity index (χ0) is 12.1. The number of carbonyl (C=O) groups is 1. The van der Waals surface area contributed by atoms with Crippen molar-refractivity contribution < 1.29 is 23.1 Å². The average Bonchev–Trinajstić information content (AvgIpc) is 1.99. The normalized spacial score (nSPS) is 12.2. The summed E-state index contributed by atoms with van der Waals surface area (Å²) in [5.41, 5.74) is 0. The van der Waals surface area contributed by atoms with Gasteiger partial charge in [0.05, 0.1) is 19.3 Å². The van der Waals surface area contributed by atoms with Crippen LogP contribution in [0, 0.1) is 0 Å². The van der Waals surface area contributed by atoms with Crippen molar-refractivity contribution in [2.45, 2.75) is 39.9 Å². The van der Waals surface area contributed by atoms with Crippen molar-refractivity contribution in [3.8, 4) is 0 Å². The van der Waals surface area contributed by atoms with E-state index in [1.165, 1.54) is 7.11 Å². The number of methoxy groups -OCH3 is 1. The van der Waals surface area contributed by atoms with Gasteiger partial charge in [0.1, 0.15) is 6.16 Å². The van der Waals surface area contributed by atoms with Crippen LogP contribution in [-0.2, 0) is 23.1 Å². The highest BCUT2D eigenvalue weighted by Crippen LogP contribution is 2.50. The minimum Gasteiger partial charge on any atom is -0.469 e. The number of esters is 1. The zero-order valence-electron chi connectivity index (χ0n) is 9.85. The third-order valence-electron chi connectivity index (χ3n) is 1.29. The predicted molar refractivity (Wildman–Crippen MR) is 56.9 cm³/mol. The quantitative estimate of drug-likeness (QED) is 0.524. The summed E-state index contributed by atoms with van der Waals surface area (Å²) in [6.07, 6.45) is -0.877. The van der Waals surface area contributed by atoms with Gasteiger partial charge in [0.15, 0.2) is 0 Å². The van der Waals surface area contributed by atoms with E-state index < -0.39 is 13.6 Å². The van der Waals surface area contributed by atoms with E-state index >= 15 is 0 Å². The van der Waals surface area contributed by atoms with Crippen molar-refractivity contribution >= 4 is 13.6 Å². The van der Waals surface area contributed by atoms with Gasteiger partial charge in [-0.15, -0.1) is 0 Å². The Hall–Kier alpha value is -0.380. The number of hydrogen-bond donors (Lipinski definition) is 0. The molecule has 0 saturated heterocycles. The van der Waals surface area contributed by atoms with Gasteiger partial charge < -0.3 is 13.8 Å². The Morgan fingerprint density at radius 3 is 1.80 bits per heavy atom. The molecule has 0 aromatic carbocycles. The molecule has 6 heteroatoms. The van der Waals surface area contributed by atoms with Crippen LogP contribution in [0.15, 0.2) is 0 Å². The molecule has 90 valence electrons. The van der Waals surface area contributed by atoms with Gasteiger partial charge in [-0.05, 0) is 27.7 Å². The highest BCUT2D eigenvalue weighted by Gasteiger charge is 2.31. The molecule has 0 aliphatic carbocycles. The molecule has 0 aromatic rings. The summed E-state index contributed by atoms with van der Waals surface area (Å²) in [5, 5.41) is 0. The van der Waals surface area contributed by atoms with Gasteiger partial charge in [0, 0.05) is 0 Å². The molecule has 0 heterocycles. The fraction of sp³-hybridized carbons (Fsp3) is 0.889. The first kappa shape index (κ1) is 14.6. The van der Waals surface area contributed by atoms with Gasteiger partial charge in [-0.25, -0.2) is 0 Å². The molecule has 5 nitrogen and oxygen atoms in total. The fourth-order valence-corrected chi connectivity index (χ4v) is 2.89. The van der Waals surface area contributed by atoms with E-state index in [9.17, 15) is 9.36 Å². The van der Waals surface area contributed by atoms with Gasteiger partial charge in [-0.1, -0.05) is 0 Å². The molecule has 0 radical (unpaired) electrons. The molecule has 0 fully saturated rings. The lowest BCUT2D eigenvalue weighted by molar-refractivity contribution is -0.137. The molecule has 0 aromatic heterocycles. The van der Waals surface area contributed by atoms with Crippen molar-refractivity contribution in [3.63, 3.8) is 0 Å². The number of rotatable bonds is 6. The maximum absolute atomic E-state index is 12.1. The van der Waals surface area contributed by atoms with Crippen molar-refractivity contribution in [3.05, 3.63) is 0 Å². The largest absolute Gasteiger partial charge is 0.469 e. The monoisotopic (exact) mass is 238 g/mol. The Bertz CT molecular complexity index is 235. The molecule has 15 heavy (non-hydrogen) atoms. The molecule has 0 amide bonds. The fourth-order valence-electron chi connectivity index (χ4n) is 0.964. The topological polar surface area (TPSA) is 61.8 Å². The molecule has 0 aliphatic rings. The molecule has 0 saturated carbocycles. The predicted octanol–water partition coefficient (Wildman–Crippen LogP) is 2.20. The van der Waals surface area contributed by atoms with E-state index in [0.717, 1.165) is 0 Å². The molecule has 0 aliphatic heterocycles. The van der Waals surface area contributed by atoms with Crippen molar-refractivity contribution in [2.24, 2.45) is 0 Å². The van der Waals surface area contributed by atoms with Crippen molar-refractivity contribution in [1.29, 1.82) is 0 Å². The lowest BCUT2D eigenvalue weighted by Crippen LogP contribution is -2.16. The summed E-state index contributed by atoms with van der Waals surface area (Å²) in [5.74, 6) is -0.598. The van der Waals surface area contributed by atoms with Crippen LogP contribution in [0.1, 0.15) is 27.7 Å². The lowest BCUT2D eigenvalue weighted by Gasteiger charge is -2.21. The Morgan fingerprint density at radius 2 is 1.53 bits per heavy atom. The summed E-state index contributed by atoms with van der Waals surface area (Å²) in [7, 11) is -2.15. The van der Waals surface area contributed by atoms with Crippen LogP contribution in [0.3, 0.4) is 0 Å². The molecule has 0 atom stereocenters. The Balaban J connectivity index is 4.55. The summed E-state index contributed by atoms with van der Waals surface area (Å²) >= 11 is 0. The first-order chi connectivity index (χ1) is 6.79. The Morgan fingerprint density at radius 1 is 1.13 bits per heavy atom. The highest BCUT2D eigenvalue weighted by atomic mass is 31.2. The number of ether oxygens (including phenoxy) is 1. The zero-order valence-corrected chi connectivity index (χ0v) is 10.7. The van der Waals surface area contributed by atoms with Crippen molar-refractivity contribution in [2.75, 3.05) is 13.3 Å². The maximum Gasteiger partial charge on any atom is 0.342 e. The molecule has 0 unspecified atom stereocenters. The molecular formula is C9H19O5P. The van der Waals surface area contributed by atoms with E-state index in [-0.39, 0.29) is 18.4 Å².